The van der Waals surface area contributed by atoms with E-state index < -0.39 is 5.82 Å². The van der Waals surface area contributed by atoms with Crippen LogP contribution < -0.4 is 5.32 Å². The first-order valence-electron chi connectivity index (χ1n) is 6.21. The zero-order chi connectivity index (χ0) is 15.5. The molecule has 3 aromatic rings. The van der Waals surface area contributed by atoms with Crippen LogP contribution in [0.5, 0.6) is 0 Å². The molecule has 0 aliphatic carbocycles. The molecule has 0 atom stereocenters. The molecule has 0 radical (unpaired) electrons. The minimum absolute atomic E-state index is 0.0459. The lowest BCUT2D eigenvalue weighted by Gasteiger charge is -2.04. The molecule has 3 rings (SSSR count). The second-order valence-corrected chi connectivity index (χ2v) is 5.60. The van der Waals surface area contributed by atoms with Crippen molar-refractivity contribution in [2.75, 3.05) is 11.1 Å². The Morgan fingerprint density at radius 2 is 2.27 bits per heavy atom. The Kier molecular flexibility index (Phi) is 4.26. The molecule has 22 heavy (non-hydrogen) atoms. The van der Waals surface area contributed by atoms with Gasteiger partial charge >= 0.3 is 0 Å². The summed E-state index contributed by atoms with van der Waals surface area (Å²) in [7, 11) is 0. The van der Waals surface area contributed by atoms with Crippen molar-refractivity contribution in [1.29, 1.82) is 0 Å². The van der Waals surface area contributed by atoms with Crippen molar-refractivity contribution < 1.29 is 13.6 Å². The van der Waals surface area contributed by atoms with Gasteiger partial charge in [-0.1, -0.05) is 23.4 Å². The fourth-order valence-corrected chi connectivity index (χ4v) is 2.52. The molecule has 1 amide bonds. The van der Waals surface area contributed by atoms with E-state index in [2.05, 4.69) is 15.3 Å². The zero-order valence-corrected chi connectivity index (χ0v) is 12.6. The first-order chi connectivity index (χ1) is 10.6. The first kappa shape index (κ1) is 14.8. The molecule has 1 aromatic carbocycles. The van der Waals surface area contributed by atoms with Crippen LogP contribution in [0.15, 0.2) is 46.2 Å². The number of rotatable bonds is 4. The van der Waals surface area contributed by atoms with Gasteiger partial charge in [0, 0.05) is 11.9 Å². The lowest BCUT2D eigenvalue weighted by molar-refractivity contribution is -0.113. The van der Waals surface area contributed by atoms with E-state index in [0.717, 1.165) is 11.8 Å². The highest BCUT2D eigenvalue weighted by Gasteiger charge is 2.10. The van der Waals surface area contributed by atoms with Crippen LogP contribution in [0, 0.1) is 5.82 Å². The number of amides is 1. The molecule has 5 nitrogen and oxygen atoms in total. The van der Waals surface area contributed by atoms with Crippen LogP contribution in [0.4, 0.5) is 10.1 Å². The highest BCUT2D eigenvalue weighted by molar-refractivity contribution is 7.99. The van der Waals surface area contributed by atoms with E-state index in [9.17, 15) is 9.18 Å². The van der Waals surface area contributed by atoms with Gasteiger partial charge in [0.25, 0.3) is 5.22 Å². The van der Waals surface area contributed by atoms with Gasteiger partial charge in [-0.2, -0.15) is 4.98 Å². The molecular weight excluding hydrogens is 329 g/mol. The number of benzene rings is 1. The normalized spacial score (nSPS) is 10.8. The summed E-state index contributed by atoms with van der Waals surface area (Å²) in [5.74, 6) is -0.710. The van der Waals surface area contributed by atoms with Gasteiger partial charge in [-0.25, -0.2) is 9.37 Å². The summed E-state index contributed by atoms with van der Waals surface area (Å²) in [4.78, 5) is 20.0. The predicted octanol–water partition coefficient (Wildman–Crippen LogP) is 3.75. The molecule has 0 spiro atoms. The summed E-state index contributed by atoms with van der Waals surface area (Å²) in [5.41, 5.74) is 1.49. The third kappa shape index (κ3) is 3.37. The Morgan fingerprint density at radius 1 is 1.41 bits per heavy atom. The van der Waals surface area contributed by atoms with Crippen molar-refractivity contribution in [2.24, 2.45) is 0 Å². The van der Waals surface area contributed by atoms with Crippen molar-refractivity contribution in [1.82, 2.24) is 9.97 Å². The molecule has 0 saturated heterocycles. The first-order valence-corrected chi connectivity index (χ1v) is 7.57. The quantitative estimate of drug-likeness (QED) is 0.734. The van der Waals surface area contributed by atoms with E-state index in [-0.39, 0.29) is 16.7 Å². The summed E-state index contributed by atoms with van der Waals surface area (Å²) in [5, 5.41) is 2.93. The molecule has 1 N–H and O–H groups in total. The van der Waals surface area contributed by atoms with Crippen LogP contribution in [0.25, 0.3) is 11.2 Å². The Morgan fingerprint density at radius 3 is 3.05 bits per heavy atom. The average Bonchev–Trinajstić information content (AvgIpc) is 2.92. The average molecular weight is 338 g/mol. The van der Waals surface area contributed by atoms with Gasteiger partial charge < -0.3 is 9.73 Å². The van der Waals surface area contributed by atoms with Gasteiger partial charge in [0.15, 0.2) is 11.2 Å². The van der Waals surface area contributed by atoms with Gasteiger partial charge in [0.1, 0.15) is 5.82 Å². The van der Waals surface area contributed by atoms with Crippen LogP contribution in [0.3, 0.4) is 0 Å². The predicted molar refractivity (Wildman–Crippen MR) is 82.6 cm³/mol. The fraction of sp³-hybridized carbons (Fsp3) is 0.0714. The van der Waals surface area contributed by atoms with E-state index in [0.29, 0.717) is 22.1 Å². The van der Waals surface area contributed by atoms with Crippen molar-refractivity contribution >= 4 is 46.2 Å². The van der Waals surface area contributed by atoms with Gasteiger partial charge in [-0.3, -0.25) is 4.79 Å². The summed E-state index contributed by atoms with van der Waals surface area (Å²) >= 11 is 6.80. The lowest BCUT2D eigenvalue weighted by atomic mass is 10.3. The SMILES string of the molecule is O=C(CSc1nc2ncccc2o1)Nc1ccc(F)c(Cl)c1. The number of hydrogen-bond acceptors (Lipinski definition) is 5. The van der Waals surface area contributed by atoms with Crippen LogP contribution in [0.1, 0.15) is 0 Å². The van der Waals surface area contributed by atoms with Crippen LogP contribution in [-0.4, -0.2) is 21.6 Å². The molecule has 0 fully saturated rings. The third-order valence-corrected chi connectivity index (χ3v) is 3.79. The molecule has 0 aliphatic rings. The maximum absolute atomic E-state index is 13.0. The Balaban J connectivity index is 1.60. The Bertz CT molecular complexity index is 807. The molecule has 2 heterocycles. The maximum Gasteiger partial charge on any atom is 0.258 e. The third-order valence-electron chi connectivity index (χ3n) is 2.68. The molecular formula is C14H9ClFN3O2S. The number of nitrogens with one attached hydrogen (secondary N) is 1. The molecule has 112 valence electrons. The number of fused-ring (bicyclic) bond motifs is 1. The van der Waals surface area contributed by atoms with Gasteiger partial charge in [-0.05, 0) is 30.3 Å². The molecule has 0 bridgehead atoms. The number of thioether (sulfide) groups is 1. The molecule has 0 saturated carbocycles. The number of nitrogens with zero attached hydrogens (tertiary/aromatic N) is 2. The summed E-state index contributed by atoms with van der Waals surface area (Å²) in [6.07, 6.45) is 1.62. The number of pyridine rings is 1. The van der Waals surface area contributed by atoms with Gasteiger partial charge in [0.2, 0.25) is 5.91 Å². The largest absolute Gasteiger partial charge is 0.430 e. The minimum Gasteiger partial charge on any atom is -0.430 e. The molecule has 2 aromatic heterocycles. The molecule has 8 heteroatoms. The van der Waals surface area contributed by atoms with Crippen molar-refractivity contribution in [2.45, 2.75) is 5.22 Å². The number of carbonyl (C=O) groups is 1. The summed E-state index contributed by atoms with van der Waals surface area (Å²) < 4.78 is 18.5. The highest BCUT2D eigenvalue weighted by atomic mass is 35.5. The smallest absolute Gasteiger partial charge is 0.258 e. The standard InChI is InChI=1S/C14H9ClFN3O2S/c15-9-6-8(3-4-10(9)16)18-12(20)7-22-14-19-13-11(21-14)2-1-5-17-13/h1-6H,7H2,(H,18,20). The summed E-state index contributed by atoms with van der Waals surface area (Å²) in [6, 6.07) is 7.47. The number of halogens is 2. The number of oxazole rings is 1. The topological polar surface area (TPSA) is 68.0 Å². The van der Waals surface area contributed by atoms with Crippen molar-refractivity contribution in [3.63, 3.8) is 0 Å². The zero-order valence-electron chi connectivity index (χ0n) is 11.0. The maximum atomic E-state index is 13.0. The fourth-order valence-electron chi connectivity index (χ4n) is 1.71. The Hall–Kier alpha value is -2.12. The van der Waals surface area contributed by atoms with Gasteiger partial charge in [-0.15, -0.1) is 0 Å². The lowest BCUT2D eigenvalue weighted by Crippen LogP contribution is -2.14. The summed E-state index contributed by atoms with van der Waals surface area (Å²) in [6.45, 7) is 0. The minimum atomic E-state index is -0.534. The number of carbonyl (C=O) groups excluding carboxylic acids is 1. The second kappa shape index (κ2) is 6.33. The number of anilines is 1. The van der Waals surface area contributed by atoms with E-state index in [4.69, 9.17) is 16.0 Å². The number of aromatic nitrogens is 2. The van der Waals surface area contributed by atoms with Gasteiger partial charge in [0.05, 0.1) is 10.8 Å². The second-order valence-electron chi connectivity index (χ2n) is 4.27. The molecule has 0 unspecified atom stereocenters. The van der Waals surface area contributed by atoms with E-state index >= 15 is 0 Å². The van der Waals surface area contributed by atoms with E-state index in [1.54, 1.807) is 18.3 Å². The highest BCUT2D eigenvalue weighted by Crippen LogP contribution is 2.23. The van der Waals surface area contributed by atoms with Crippen LogP contribution >= 0.6 is 23.4 Å². The molecule has 0 aliphatic heterocycles. The van der Waals surface area contributed by atoms with E-state index in [1.165, 1.54) is 18.2 Å². The van der Waals surface area contributed by atoms with Crippen LogP contribution in [0.2, 0.25) is 5.02 Å². The monoisotopic (exact) mass is 337 g/mol. The number of hydrogen-bond donors (Lipinski definition) is 1. The van der Waals surface area contributed by atoms with E-state index in [1.807, 2.05) is 0 Å². The van der Waals surface area contributed by atoms with Crippen molar-refractivity contribution in [3.8, 4) is 0 Å². The van der Waals surface area contributed by atoms with Crippen molar-refractivity contribution in [3.05, 3.63) is 47.4 Å². The Labute approximate surface area is 133 Å². The van der Waals surface area contributed by atoms with Crippen LogP contribution in [-0.2, 0) is 4.79 Å².